The summed E-state index contributed by atoms with van der Waals surface area (Å²) in [6, 6.07) is 8.29. The number of nitrogens with zero attached hydrogens (tertiary/aromatic N) is 3. The maximum Gasteiger partial charge on any atom is 0.193 e. The fraction of sp³-hybridized carbons (Fsp3) is 0.650. The lowest BCUT2D eigenvalue weighted by molar-refractivity contribution is 0.0194. The molecule has 8 heteroatoms. The van der Waals surface area contributed by atoms with E-state index in [0.717, 1.165) is 56.9 Å². The number of ether oxygens (including phenoxy) is 3. The summed E-state index contributed by atoms with van der Waals surface area (Å²) in [4.78, 5) is 9.36. The molecule has 0 radical (unpaired) electrons. The van der Waals surface area contributed by atoms with Crippen LogP contribution in [-0.2, 0) is 4.74 Å². The van der Waals surface area contributed by atoms with Crippen molar-refractivity contribution in [3.05, 3.63) is 24.3 Å². The fourth-order valence-corrected chi connectivity index (χ4v) is 3.69. The van der Waals surface area contributed by atoms with Crippen molar-refractivity contribution in [3.63, 3.8) is 0 Å². The number of halogens is 1. The van der Waals surface area contributed by atoms with Crippen LogP contribution in [0.1, 0.15) is 13.3 Å². The Morgan fingerprint density at radius 3 is 2.75 bits per heavy atom. The molecule has 0 aromatic heterocycles. The lowest BCUT2D eigenvalue weighted by atomic mass is 10.2. The monoisotopic (exact) mass is 504 g/mol. The fourth-order valence-electron chi connectivity index (χ4n) is 3.69. The third-order valence-electron chi connectivity index (χ3n) is 5.16. The van der Waals surface area contributed by atoms with Crippen molar-refractivity contribution in [1.82, 2.24) is 15.1 Å². The van der Waals surface area contributed by atoms with Crippen molar-refractivity contribution in [2.45, 2.75) is 25.5 Å². The predicted octanol–water partition coefficient (Wildman–Crippen LogP) is 2.06. The number of aliphatic imine (C=N–C) groups is 1. The van der Waals surface area contributed by atoms with Crippen LogP contribution < -0.4 is 14.8 Å². The molecular formula is C20H33IN4O3. The highest BCUT2D eigenvalue weighted by Crippen LogP contribution is 2.20. The predicted molar refractivity (Wildman–Crippen MR) is 122 cm³/mol. The number of likely N-dealkylation sites (tertiary alicyclic amines) is 1. The Balaban J connectivity index is 0.00000280. The number of methoxy groups -OCH3 is 1. The lowest BCUT2D eigenvalue weighted by Gasteiger charge is -2.32. The number of morpholine rings is 1. The van der Waals surface area contributed by atoms with Crippen LogP contribution in [0.25, 0.3) is 0 Å². The van der Waals surface area contributed by atoms with Crippen molar-refractivity contribution in [1.29, 1.82) is 0 Å². The Kier molecular flexibility index (Phi) is 9.60. The molecule has 1 aromatic carbocycles. The second kappa shape index (κ2) is 11.7. The molecule has 0 spiro atoms. The van der Waals surface area contributed by atoms with Gasteiger partial charge in [0.25, 0.3) is 0 Å². The second-order valence-corrected chi connectivity index (χ2v) is 7.07. The molecule has 2 aliphatic rings. The highest BCUT2D eigenvalue weighted by Gasteiger charge is 2.30. The van der Waals surface area contributed by atoms with Gasteiger partial charge in [-0.2, -0.15) is 0 Å². The molecule has 3 rings (SSSR count). The minimum absolute atomic E-state index is 0. The second-order valence-electron chi connectivity index (χ2n) is 7.07. The van der Waals surface area contributed by atoms with E-state index in [-0.39, 0.29) is 30.1 Å². The van der Waals surface area contributed by atoms with Gasteiger partial charge in [0.15, 0.2) is 5.96 Å². The summed E-state index contributed by atoms with van der Waals surface area (Å²) >= 11 is 0. The maximum absolute atomic E-state index is 5.99. The van der Waals surface area contributed by atoms with Crippen LogP contribution in [-0.4, -0.2) is 88.0 Å². The molecule has 158 valence electrons. The first kappa shape index (κ1) is 23.0. The van der Waals surface area contributed by atoms with Crippen molar-refractivity contribution in [2.75, 3.05) is 60.1 Å². The van der Waals surface area contributed by atoms with Crippen LogP contribution in [0.4, 0.5) is 0 Å². The quantitative estimate of drug-likeness (QED) is 0.364. The molecule has 28 heavy (non-hydrogen) atoms. The van der Waals surface area contributed by atoms with Gasteiger partial charge in [-0.25, -0.2) is 0 Å². The molecule has 1 aromatic rings. The third kappa shape index (κ3) is 6.38. The van der Waals surface area contributed by atoms with Crippen LogP contribution >= 0.6 is 24.0 Å². The van der Waals surface area contributed by atoms with Crippen LogP contribution in [0.5, 0.6) is 11.5 Å². The topological polar surface area (TPSA) is 58.6 Å². The molecule has 0 bridgehead atoms. The van der Waals surface area contributed by atoms with Crippen molar-refractivity contribution >= 4 is 29.9 Å². The summed E-state index contributed by atoms with van der Waals surface area (Å²) in [7, 11) is 3.51. The highest BCUT2D eigenvalue weighted by molar-refractivity contribution is 14.0. The van der Waals surface area contributed by atoms with Crippen molar-refractivity contribution < 1.29 is 14.2 Å². The summed E-state index contributed by atoms with van der Waals surface area (Å²) in [5.74, 6) is 2.56. The Morgan fingerprint density at radius 1 is 1.29 bits per heavy atom. The van der Waals surface area contributed by atoms with Crippen molar-refractivity contribution in [2.24, 2.45) is 4.99 Å². The summed E-state index contributed by atoms with van der Waals surface area (Å²) in [6.07, 6.45) is 1.20. The van der Waals surface area contributed by atoms with E-state index in [0.29, 0.717) is 12.6 Å². The highest BCUT2D eigenvalue weighted by atomic mass is 127. The number of guanidine groups is 1. The molecule has 2 unspecified atom stereocenters. The van der Waals surface area contributed by atoms with Gasteiger partial charge < -0.3 is 24.4 Å². The molecule has 2 heterocycles. The Hall–Kier alpha value is -1.26. The average molecular weight is 504 g/mol. The minimum atomic E-state index is 0. The van der Waals surface area contributed by atoms with Crippen LogP contribution in [0, 0.1) is 0 Å². The number of nitrogens with one attached hydrogen (secondary N) is 1. The SMILES string of the molecule is CN=C(NCC(C)Oc1cccc(OC)c1)N1CCC(N2CCOCC2)C1.I. The summed E-state index contributed by atoms with van der Waals surface area (Å²) < 4.78 is 16.7. The first-order valence-electron chi connectivity index (χ1n) is 9.77. The molecule has 1 N–H and O–H groups in total. The zero-order chi connectivity index (χ0) is 19.1. The summed E-state index contributed by atoms with van der Waals surface area (Å²) in [6.45, 7) is 8.58. The standard InChI is InChI=1S/C20H32N4O3.HI/c1-16(27-19-6-4-5-18(13-19)25-3)14-22-20(21-2)24-8-7-17(15-24)23-9-11-26-12-10-23;/h4-6,13,16-17H,7-12,14-15H2,1-3H3,(H,21,22);1H. The van der Waals surface area contributed by atoms with Gasteiger partial charge in [0, 0.05) is 45.3 Å². The molecule has 0 aliphatic carbocycles. The van der Waals surface area contributed by atoms with Gasteiger partial charge >= 0.3 is 0 Å². The van der Waals surface area contributed by atoms with Crippen LogP contribution in [0.2, 0.25) is 0 Å². The van der Waals surface area contributed by atoms with Gasteiger partial charge in [-0.1, -0.05) is 6.07 Å². The Morgan fingerprint density at radius 2 is 2.04 bits per heavy atom. The lowest BCUT2D eigenvalue weighted by Crippen LogP contribution is -2.47. The van der Waals surface area contributed by atoms with E-state index in [4.69, 9.17) is 14.2 Å². The molecule has 0 saturated carbocycles. The summed E-state index contributed by atoms with van der Waals surface area (Å²) in [5, 5.41) is 3.46. The molecule has 2 fully saturated rings. The molecule has 7 nitrogen and oxygen atoms in total. The van der Waals surface area contributed by atoms with E-state index < -0.39 is 0 Å². The Bertz CT molecular complexity index is 625. The normalized spacial score (nSPS) is 21.8. The molecular weight excluding hydrogens is 471 g/mol. The molecule has 0 amide bonds. The average Bonchev–Trinajstić information content (AvgIpc) is 3.19. The van der Waals surface area contributed by atoms with Crippen LogP contribution in [0.3, 0.4) is 0 Å². The Labute approximate surface area is 185 Å². The first-order chi connectivity index (χ1) is 13.2. The van der Waals surface area contributed by atoms with E-state index in [1.807, 2.05) is 31.3 Å². The van der Waals surface area contributed by atoms with Crippen LogP contribution in [0.15, 0.2) is 29.3 Å². The van der Waals surface area contributed by atoms with E-state index in [2.05, 4.69) is 27.0 Å². The third-order valence-corrected chi connectivity index (χ3v) is 5.16. The van der Waals surface area contributed by atoms with Gasteiger partial charge in [-0.15, -0.1) is 24.0 Å². The largest absolute Gasteiger partial charge is 0.497 e. The minimum Gasteiger partial charge on any atom is -0.497 e. The maximum atomic E-state index is 5.99. The van der Waals surface area contributed by atoms with Gasteiger partial charge in [-0.05, 0) is 25.5 Å². The molecule has 2 atom stereocenters. The first-order valence-corrected chi connectivity index (χ1v) is 9.77. The van der Waals surface area contributed by atoms with Gasteiger partial charge in [0.2, 0.25) is 0 Å². The van der Waals surface area contributed by atoms with Gasteiger partial charge in [0.05, 0.1) is 26.9 Å². The van der Waals surface area contributed by atoms with E-state index >= 15 is 0 Å². The summed E-state index contributed by atoms with van der Waals surface area (Å²) in [5.41, 5.74) is 0. The smallest absolute Gasteiger partial charge is 0.193 e. The molecule has 2 saturated heterocycles. The number of hydrogen-bond donors (Lipinski definition) is 1. The number of benzene rings is 1. The zero-order valence-corrected chi connectivity index (χ0v) is 19.4. The number of rotatable bonds is 6. The zero-order valence-electron chi connectivity index (χ0n) is 17.1. The van der Waals surface area contributed by atoms with Gasteiger partial charge in [-0.3, -0.25) is 9.89 Å². The van der Waals surface area contributed by atoms with E-state index in [1.54, 1.807) is 7.11 Å². The molecule has 2 aliphatic heterocycles. The number of hydrogen-bond acceptors (Lipinski definition) is 5. The van der Waals surface area contributed by atoms with E-state index in [1.165, 1.54) is 6.42 Å². The van der Waals surface area contributed by atoms with Crippen molar-refractivity contribution in [3.8, 4) is 11.5 Å². The van der Waals surface area contributed by atoms with Gasteiger partial charge in [0.1, 0.15) is 17.6 Å². The van der Waals surface area contributed by atoms with E-state index in [9.17, 15) is 0 Å².